The van der Waals surface area contributed by atoms with Gasteiger partial charge in [0, 0.05) is 24.1 Å². The van der Waals surface area contributed by atoms with E-state index >= 15 is 0 Å². The van der Waals surface area contributed by atoms with Gasteiger partial charge in [-0.3, -0.25) is 4.98 Å². The molecule has 2 rings (SSSR count). The van der Waals surface area contributed by atoms with Crippen LogP contribution in [0.1, 0.15) is 5.56 Å². The number of aryl methyl sites for hydroxylation is 1. The van der Waals surface area contributed by atoms with Gasteiger partial charge in [-0.25, -0.2) is 4.98 Å². The number of hydrogen-bond acceptors (Lipinski definition) is 4. The van der Waals surface area contributed by atoms with Gasteiger partial charge in [0.1, 0.15) is 5.82 Å². The average Bonchev–Trinajstić information content (AvgIpc) is 2.17. The van der Waals surface area contributed by atoms with Crippen molar-refractivity contribution in [3.05, 3.63) is 42.4 Å². The summed E-state index contributed by atoms with van der Waals surface area (Å²) in [4.78, 5) is 8.23. The lowest BCUT2D eigenvalue weighted by atomic mass is 10.3. The highest BCUT2D eigenvalue weighted by molar-refractivity contribution is 5.59. The van der Waals surface area contributed by atoms with Crippen molar-refractivity contribution in [2.24, 2.45) is 0 Å². The Morgan fingerprint density at radius 2 is 2.13 bits per heavy atom. The van der Waals surface area contributed by atoms with Gasteiger partial charge in [0.2, 0.25) is 0 Å². The molecule has 0 aliphatic carbocycles. The first kappa shape index (κ1) is 9.45. The molecule has 0 aliphatic heterocycles. The molecule has 0 saturated heterocycles. The third-order valence-electron chi connectivity index (χ3n) is 1.93. The average molecular weight is 200 g/mol. The molecule has 0 amide bonds. The van der Waals surface area contributed by atoms with Crippen LogP contribution in [0.2, 0.25) is 0 Å². The monoisotopic (exact) mass is 200 g/mol. The Labute approximate surface area is 88.2 Å². The van der Waals surface area contributed by atoms with Crippen LogP contribution in [0.25, 0.3) is 0 Å². The zero-order valence-corrected chi connectivity index (χ0v) is 8.44. The molecule has 4 heteroatoms. The second kappa shape index (κ2) is 3.96. The predicted molar refractivity (Wildman–Crippen MR) is 60.9 cm³/mol. The van der Waals surface area contributed by atoms with Crippen LogP contribution < -0.4 is 11.1 Å². The fourth-order valence-electron chi connectivity index (χ4n) is 1.29. The van der Waals surface area contributed by atoms with Crippen LogP contribution in [-0.4, -0.2) is 9.97 Å². The van der Waals surface area contributed by atoms with E-state index in [0.29, 0.717) is 5.69 Å². The first-order chi connectivity index (χ1) is 7.24. The van der Waals surface area contributed by atoms with Gasteiger partial charge in [0.15, 0.2) is 0 Å². The van der Waals surface area contributed by atoms with Crippen LogP contribution in [0, 0.1) is 6.92 Å². The molecule has 2 aromatic rings. The largest absolute Gasteiger partial charge is 0.399 e. The molecular formula is C11H12N4. The lowest BCUT2D eigenvalue weighted by Crippen LogP contribution is -1.95. The lowest BCUT2D eigenvalue weighted by Gasteiger charge is -2.05. The Morgan fingerprint density at radius 1 is 1.27 bits per heavy atom. The summed E-state index contributed by atoms with van der Waals surface area (Å²) < 4.78 is 0. The second-order valence-corrected chi connectivity index (χ2v) is 3.35. The molecule has 2 heterocycles. The zero-order chi connectivity index (χ0) is 10.7. The van der Waals surface area contributed by atoms with Gasteiger partial charge < -0.3 is 11.1 Å². The molecule has 15 heavy (non-hydrogen) atoms. The number of rotatable bonds is 2. The standard InChI is InChI=1S/C11H12N4/c1-8-4-10(7-13-6-8)15-11-5-9(12)2-3-14-11/h2-7H,1H3,(H3,12,14,15). The number of nitrogens with two attached hydrogens (primary N) is 1. The minimum atomic E-state index is 0.688. The molecule has 0 aromatic carbocycles. The SMILES string of the molecule is Cc1cncc(Nc2cc(N)ccn2)c1. The fraction of sp³-hybridized carbons (Fsp3) is 0.0909. The predicted octanol–water partition coefficient (Wildman–Crippen LogP) is 2.11. The smallest absolute Gasteiger partial charge is 0.132 e. The summed E-state index contributed by atoms with van der Waals surface area (Å²) in [7, 11) is 0. The molecule has 0 radical (unpaired) electrons. The van der Waals surface area contributed by atoms with Gasteiger partial charge in [0.05, 0.1) is 11.9 Å². The Bertz CT molecular complexity index is 424. The third-order valence-corrected chi connectivity index (χ3v) is 1.93. The maximum atomic E-state index is 5.65. The van der Waals surface area contributed by atoms with E-state index in [4.69, 9.17) is 5.73 Å². The highest BCUT2D eigenvalue weighted by Crippen LogP contribution is 2.15. The maximum Gasteiger partial charge on any atom is 0.132 e. The number of nitrogens with zero attached hydrogens (tertiary/aromatic N) is 2. The first-order valence-corrected chi connectivity index (χ1v) is 4.64. The van der Waals surface area contributed by atoms with Crippen molar-refractivity contribution in [3.8, 4) is 0 Å². The minimum absolute atomic E-state index is 0.688. The van der Waals surface area contributed by atoms with Gasteiger partial charge in [-0.05, 0) is 24.6 Å². The molecular weight excluding hydrogens is 188 g/mol. The first-order valence-electron chi connectivity index (χ1n) is 4.64. The van der Waals surface area contributed by atoms with Crippen LogP contribution in [0.4, 0.5) is 17.2 Å². The summed E-state index contributed by atoms with van der Waals surface area (Å²) in [5.41, 5.74) is 8.35. The summed E-state index contributed by atoms with van der Waals surface area (Å²) >= 11 is 0. The van der Waals surface area contributed by atoms with E-state index in [2.05, 4.69) is 15.3 Å². The van der Waals surface area contributed by atoms with Crippen molar-refractivity contribution in [3.63, 3.8) is 0 Å². The third kappa shape index (κ3) is 2.43. The summed E-state index contributed by atoms with van der Waals surface area (Å²) in [6.07, 6.45) is 5.22. The van der Waals surface area contributed by atoms with E-state index < -0.39 is 0 Å². The van der Waals surface area contributed by atoms with Gasteiger partial charge in [-0.15, -0.1) is 0 Å². The highest BCUT2D eigenvalue weighted by Gasteiger charge is 1.96. The van der Waals surface area contributed by atoms with Crippen molar-refractivity contribution in [1.29, 1.82) is 0 Å². The summed E-state index contributed by atoms with van der Waals surface area (Å²) in [6, 6.07) is 5.53. The lowest BCUT2D eigenvalue weighted by molar-refractivity contribution is 1.25. The van der Waals surface area contributed by atoms with Crippen molar-refractivity contribution in [1.82, 2.24) is 9.97 Å². The van der Waals surface area contributed by atoms with Crippen LogP contribution in [-0.2, 0) is 0 Å². The molecule has 2 aromatic heterocycles. The maximum absolute atomic E-state index is 5.65. The fourth-order valence-corrected chi connectivity index (χ4v) is 1.29. The normalized spacial score (nSPS) is 9.93. The van der Waals surface area contributed by atoms with Crippen molar-refractivity contribution < 1.29 is 0 Å². The van der Waals surface area contributed by atoms with Crippen molar-refractivity contribution >= 4 is 17.2 Å². The van der Waals surface area contributed by atoms with E-state index in [0.717, 1.165) is 17.1 Å². The summed E-state index contributed by atoms with van der Waals surface area (Å²) in [5, 5.41) is 3.13. The van der Waals surface area contributed by atoms with Crippen LogP contribution in [0.3, 0.4) is 0 Å². The van der Waals surface area contributed by atoms with Crippen LogP contribution >= 0.6 is 0 Å². The molecule has 4 nitrogen and oxygen atoms in total. The van der Waals surface area contributed by atoms with Gasteiger partial charge >= 0.3 is 0 Å². The quantitative estimate of drug-likeness (QED) is 0.779. The van der Waals surface area contributed by atoms with Gasteiger partial charge in [-0.1, -0.05) is 0 Å². The molecule has 3 N–H and O–H groups in total. The zero-order valence-electron chi connectivity index (χ0n) is 8.44. The number of hydrogen-bond donors (Lipinski definition) is 2. The van der Waals surface area contributed by atoms with E-state index in [1.807, 2.05) is 13.0 Å². The molecule has 0 saturated carbocycles. The number of aromatic nitrogens is 2. The van der Waals surface area contributed by atoms with Crippen molar-refractivity contribution in [2.75, 3.05) is 11.1 Å². The molecule has 0 spiro atoms. The number of pyridine rings is 2. The molecule has 0 fully saturated rings. The van der Waals surface area contributed by atoms with E-state index in [-0.39, 0.29) is 0 Å². The van der Waals surface area contributed by atoms with Crippen LogP contribution in [0.5, 0.6) is 0 Å². The summed E-state index contributed by atoms with van der Waals surface area (Å²) in [6.45, 7) is 1.99. The minimum Gasteiger partial charge on any atom is -0.399 e. The van der Waals surface area contributed by atoms with E-state index in [9.17, 15) is 0 Å². The topological polar surface area (TPSA) is 63.8 Å². The molecule has 0 aliphatic rings. The number of nitrogen functional groups attached to an aromatic ring is 1. The molecule has 0 unspecified atom stereocenters. The molecule has 0 atom stereocenters. The highest BCUT2D eigenvalue weighted by atomic mass is 15.0. The number of nitrogens with one attached hydrogen (secondary N) is 1. The number of anilines is 3. The van der Waals surface area contributed by atoms with Gasteiger partial charge in [-0.2, -0.15) is 0 Å². The van der Waals surface area contributed by atoms with Gasteiger partial charge in [0.25, 0.3) is 0 Å². The Morgan fingerprint density at radius 3 is 2.87 bits per heavy atom. The molecule has 0 bridgehead atoms. The summed E-state index contributed by atoms with van der Waals surface area (Å²) in [5.74, 6) is 0.724. The Hall–Kier alpha value is -2.10. The van der Waals surface area contributed by atoms with E-state index in [1.165, 1.54) is 0 Å². The van der Waals surface area contributed by atoms with Crippen molar-refractivity contribution in [2.45, 2.75) is 6.92 Å². The van der Waals surface area contributed by atoms with Crippen LogP contribution in [0.15, 0.2) is 36.8 Å². The van der Waals surface area contributed by atoms with E-state index in [1.54, 1.807) is 30.7 Å². The molecule has 76 valence electrons. The second-order valence-electron chi connectivity index (χ2n) is 3.35. The Balaban J connectivity index is 2.22. The Kier molecular flexibility index (Phi) is 2.49.